The molecule has 1 N–H and O–H groups in total. The van der Waals surface area contributed by atoms with Crippen LogP contribution in [0.1, 0.15) is 6.42 Å². The van der Waals surface area contributed by atoms with Crippen LogP contribution in [-0.2, 0) is 14.4 Å². The molecule has 1 heterocycles. The Labute approximate surface area is 166 Å². The first-order chi connectivity index (χ1) is 11.9. The molecule has 3 fully saturated rings. The van der Waals surface area contributed by atoms with Crippen LogP contribution in [-0.4, -0.2) is 38.8 Å². The number of halogens is 3. The number of benzene rings is 1. The van der Waals surface area contributed by atoms with Crippen LogP contribution in [0.2, 0.25) is 5.02 Å². The van der Waals surface area contributed by atoms with Crippen LogP contribution in [0.4, 0.5) is 5.69 Å². The van der Waals surface area contributed by atoms with E-state index >= 15 is 0 Å². The van der Waals surface area contributed by atoms with Crippen molar-refractivity contribution in [1.82, 2.24) is 4.90 Å². The maximum absolute atomic E-state index is 12.7. The fraction of sp³-hybridized carbons (Fsp3) is 0.471. The van der Waals surface area contributed by atoms with Gasteiger partial charge in [-0.1, -0.05) is 49.5 Å². The molecule has 1 saturated heterocycles. The van der Waals surface area contributed by atoms with Gasteiger partial charge < -0.3 is 5.32 Å². The minimum absolute atomic E-state index is 0.150. The lowest BCUT2D eigenvalue weighted by Crippen LogP contribution is -2.39. The summed E-state index contributed by atoms with van der Waals surface area (Å²) in [4.78, 5) is 39.3. The minimum atomic E-state index is -0.401. The summed E-state index contributed by atoms with van der Waals surface area (Å²) in [5.41, 5.74) is 0.540. The summed E-state index contributed by atoms with van der Waals surface area (Å²) < 4.78 is 0. The summed E-state index contributed by atoms with van der Waals surface area (Å²) in [7, 11) is 0. The number of anilines is 1. The first-order valence-electron chi connectivity index (χ1n) is 8.07. The molecular weight excluding hydrogens is 475 g/mol. The number of hydrogen-bond acceptors (Lipinski definition) is 3. The van der Waals surface area contributed by atoms with Crippen LogP contribution in [0.3, 0.4) is 0 Å². The number of fused-ring (bicyclic) bond motifs is 5. The Morgan fingerprint density at radius 2 is 1.76 bits per heavy atom. The van der Waals surface area contributed by atoms with Gasteiger partial charge in [-0.3, -0.25) is 19.3 Å². The van der Waals surface area contributed by atoms with Gasteiger partial charge in [0.25, 0.3) is 0 Å². The Morgan fingerprint density at radius 3 is 2.32 bits per heavy atom. The van der Waals surface area contributed by atoms with E-state index in [1.54, 1.807) is 24.3 Å². The van der Waals surface area contributed by atoms with E-state index < -0.39 is 5.91 Å². The standard InChI is InChI=1S/C17H15Br2ClN2O3/c18-14-9-5-10(15(14)19)13-12(9)16(24)22(17(13)25)6-11(23)21-8-3-1-2-7(20)4-8/h1-4,9-10,12-15H,5-6H2,(H,21,23)/t9-,10-,12-,13+,14-,15+/m1/s1. The van der Waals surface area contributed by atoms with Crippen molar-refractivity contribution in [2.45, 2.75) is 16.1 Å². The Bertz CT molecular complexity index is 742. The van der Waals surface area contributed by atoms with Gasteiger partial charge >= 0.3 is 0 Å². The molecule has 4 rings (SSSR count). The molecule has 5 nitrogen and oxygen atoms in total. The lowest BCUT2D eigenvalue weighted by Gasteiger charge is -2.28. The lowest BCUT2D eigenvalue weighted by atomic mass is 9.81. The van der Waals surface area contributed by atoms with Crippen molar-refractivity contribution < 1.29 is 14.4 Å². The molecule has 25 heavy (non-hydrogen) atoms. The number of carbonyl (C=O) groups excluding carboxylic acids is 3. The summed E-state index contributed by atoms with van der Waals surface area (Å²) in [6, 6.07) is 6.75. The van der Waals surface area contributed by atoms with Crippen molar-refractivity contribution in [2.24, 2.45) is 23.7 Å². The number of nitrogens with one attached hydrogen (secondary N) is 1. The number of hydrogen-bond donors (Lipinski definition) is 1. The van der Waals surface area contributed by atoms with E-state index in [-0.39, 0.29) is 51.7 Å². The highest BCUT2D eigenvalue weighted by atomic mass is 79.9. The number of rotatable bonds is 3. The zero-order chi connectivity index (χ0) is 17.9. The molecule has 0 aromatic heterocycles. The van der Waals surface area contributed by atoms with Gasteiger partial charge in [0.15, 0.2) is 0 Å². The lowest BCUT2D eigenvalue weighted by molar-refractivity contribution is -0.143. The van der Waals surface area contributed by atoms with Gasteiger partial charge in [-0.15, -0.1) is 0 Å². The minimum Gasteiger partial charge on any atom is -0.324 e. The van der Waals surface area contributed by atoms with Crippen molar-refractivity contribution in [3.05, 3.63) is 29.3 Å². The van der Waals surface area contributed by atoms with Crippen molar-refractivity contribution in [3.63, 3.8) is 0 Å². The van der Waals surface area contributed by atoms with Crippen LogP contribution in [0.15, 0.2) is 24.3 Å². The van der Waals surface area contributed by atoms with Gasteiger partial charge in [0, 0.05) is 20.4 Å². The first kappa shape index (κ1) is 17.5. The highest BCUT2D eigenvalue weighted by molar-refractivity contribution is 9.12. The average Bonchev–Trinajstić information content (AvgIpc) is 3.15. The normalized spacial score (nSPS) is 36.0. The fourth-order valence-corrected chi connectivity index (χ4v) is 6.54. The van der Waals surface area contributed by atoms with E-state index in [4.69, 9.17) is 11.6 Å². The molecule has 2 saturated carbocycles. The van der Waals surface area contributed by atoms with Crippen LogP contribution < -0.4 is 5.32 Å². The van der Waals surface area contributed by atoms with Gasteiger partial charge in [0.2, 0.25) is 17.7 Å². The molecule has 2 aliphatic carbocycles. The molecule has 132 valence electrons. The maximum atomic E-state index is 12.7. The van der Waals surface area contributed by atoms with E-state index in [9.17, 15) is 14.4 Å². The van der Waals surface area contributed by atoms with Crippen molar-refractivity contribution in [2.75, 3.05) is 11.9 Å². The second-order valence-corrected chi connectivity index (χ2v) is 9.38. The predicted octanol–water partition coefficient (Wildman–Crippen LogP) is 3.06. The predicted molar refractivity (Wildman–Crippen MR) is 101 cm³/mol. The molecule has 6 atom stereocenters. The molecule has 2 bridgehead atoms. The second kappa shape index (κ2) is 6.35. The van der Waals surface area contributed by atoms with Gasteiger partial charge in [-0.2, -0.15) is 0 Å². The molecular formula is C17H15Br2ClN2O3. The third-order valence-corrected chi connectivity index (χ3v) is 8.93. The monoisotopic (exact) mass is 488 g/mol. The smallest absolute Gasteiger partial charge is 0.244 e. The highest BCUT2D eigenvalue weighted by Gasteiger charge is 2.66. The molecule has 8 heteroatoms. The zero-order valence-corrected chi connectivity index (χ0v) is 16.9. The molecule has 3 aliphatic rings. The Balaban J connectivity index is 1.48. The molecule has 0 spiro atoms. The summed E-state index contributed by atoms with van der Waals surface area (Å²) in [5, 5.41) is 3.19. The number of amides is 3. The Morgan fingerprint density at radius 1 is 1.16 bits per heavy atom. The molecule has 0 radical (unpaired) electrons. The fourth-order valence-electron chi connectivity index (χ4n) is 4.48. The van der Waals surface area contributed by atoms with Crippen LogP contribution >= 0.6 is 43.5 Å². The van der Waals surface area contributed by atoms with E-state index in [1.807, 2.05) is 0 Å². The number of nitrogens with zero attached hydrogens (tertiary/aromatic N) is 1. The Kier molecular flexibility index (Phi) is 4.45. The number of imide groups is 1. The number of likely N-dealkylation sites (tertiary alicyclic amines) is 1. The first-order valence-corrected chi connectivity index (χ1v) is 10.3. The quantitative estimate of drug-likeness (QED) is 0.523. The zero-order valence-electron chi connectivity index (χ0n) is 13.0. The Hall–Kier alpha value is -0.920. The van der Waals surface area contributed by atoms with Crippen molar-refractivity contribution in [3.8, 4) is 0 Å². The number of carbonyl (C=O) groups is 3. The van der Waals surface area contributed by atoms with Crippen molar-refractivity contribution in [1.29, 1.82) is 0 Å². The summed E-state index contributed by atoms with van der Waals surface area (Å²) in [6.45, 7) is -0.253. The summed E-state index contributed by atoms with van der Waals surface area (Å²) in [6.07, 6.45) is 0.876. The van der Waals surface area contributed by atoms with Gasteiger partial charge in [0.1, 0.15) is 6.54 Å². The second-order valence-electron chi connectivity index (χ2n) is 6.82. The molecule has 1 aromatic rings. The van der Waals surface area contributed by atoms with Gasteiger partial charge in [-0.25, -0.2) is 0 Å². The van der Waals surface area contributed by atoms with Crippen LogP contribution in [0, 0.1) is 23.7 Å². The molecule has 1 aliphatic heterocycles. The summed E-state index contributed by atoms with van der Waals surface area (Å²) >= 11 is 13.2. The summed E-state index contributed by atoms with van der Waals surface area (Å²) in [5.74, 6) is -1.12. The number of alkyl halides is 2. The largest absolute Gasteiger partial charge is 0.324 e. The van der Waals surface area contributed by atoms with E-state index in [1.165, 1.54) is 0 Å². The van der Waals surface area contributed by atoms with E-state index in [0.717, 1.165) is 11.3 Å². The third kappa shape index (κ3) is 2.75. The molecule has 3 amide bonds. The van der Waals surface area contributed by atoms with E-state index in [0.29, 0.717) is 10.7 Å². The SMILES string of the molecule is O=C(CN1C(=O)[C@@H]2[C@H]3C[C@@H]([C@H](Br)[C@@H]3Br)[C@@H]2C1=O)Nc1cccc(Cl)c1. The van der Waals surface area contributed by atoms with Crippen molar-refractivity contribution >= 4 is 66.9 Å². The highest BCUT2D eigenvalue weighted by Crippen LogP contribution is 2.60. The third-order valence-electron chi connectivity index (χ3n) is 5.49. The van der Waals surface area contributed by atoms with Gasteiger partial charge in [-0.05, 0) is 36.5 Å². The maximum Gasteiger partial charge on any atom is 0.244 e. The van der Waals surface area contributed by atoms with Crippen LogP contribution in [0.25, 0.3) is 0 Å². The van der Waals surface area contributed by atoms with E-state index in [2.05, 4.69) is 37.2 Å². The average molecular weight is 491 g/mol. The van der Waals surface area contributed by atoms with Crippen LogP contribution in [0.5, 0.6) is 0 Å². The molecule has 0 unspecified atom stereocenters. The molecule has 1 aromatic carbocycles. The van der Waals surface area contributed by atoms with Gasteiger partial charge in [0.05, 0.1) is 11.8 Å². The topological polar surface area (TPSA) is 66.5 Å².